The van der Waals surface area contributed by atoms with Gasteiger partial charge >= 0.3 is 5.97 Å². The highest BCUT2D eigenvalue weighted by Gasteiger charge is 2.45. The van der Waals surface area contributed by atoms with E-state index < -0.39 is 23.4 Å². The number of carboxylic acid groups (broad SMARTS) is 1. The third kappa shape index (κ3) is 3.94. The summed E-state index contributed by atoms with van der Waals surface area (Å²) in [6, 6.07) is 11.0. The molecule has 2 aromatic carbocycles. The van der Waals surface area contributed by atoms with E-state index in [9.17, 15) is 18.0 Å². The van der Waals surface area contributed by atoms with Crippen LogP contribution in [0, 0.1) is 23.4 Å². The first-order valence-electron chi connectivity index (χ1n) is 9.09. The molecule has 1 saturated carbocycles. The number of carboxylic acids is 1. The van der Waals surface area contributed by atoms with Crippen LogP contribution in [0.5, 0.6) is 0 Å². The predicted molar refractivity (Wildman–Crippen MR) is 102 cm³/mol. The molecule has 0 unspecified atom stereocenters. The zero-order chi connectivity index (χ0) is 20.5. The van der Waals surface area contributed by atoms with Gasteiger partial charge in [-0.2, -0.15) is 0 Å². The summed E-state index contributed by atoms with van der Waals surface area (Å²) in [7, 11) is 0. The Morgan fingerprint density at radius 3 is 2.45 bits per heavy atom. The first-order chi connectivity index (χ1) is 13.9. The van der Waals surface area contributed by atoms with Gasteiger partial charge in [0.1, 0.15) is 17.5 Å². The summed E-state index contributed by atoms with van der Waals surface area (Å²) in [6.45, 7) is 0.0952. The first kappa shape index (κ1) is 19.0. The van der Waals surface area contributed by atoms with E-state index in [0.717, 1.165) is 12.1 Å². The number of hydrogen-bond donors (Lipinski definition) is 2. The number of pyridine rings is 1. The quantitative estimate of drug-likeness (QED) is 0.616. The minimum atomic E-state index is -0.819. The van der Waals surface area contributed by atoms with Crippen LogP contribution in [0.25, 0.3) is 11.1 Å². The summed E-state index contributed by atoms with van der Waals surface area (Å²) < 4.78 is 42.2. The number of nitrogens with zero attached hydrogens (tertiary/aromatic N) is 1. The van der Waals surface area contributed by atoms with E-state index in [1.54, 1.807) is 18.3 Å². The number of benzene rings is 2. The van der Waals surface area contributed by atoms with Crippen molar-refractivity contribution in [2.45, 2.75) is 18.9 Å². The van der Waals surface area contributed by atoms with Gasteiger partial charge < -0.3 is 10.4 Å². The summed E-state index contributed by atoms with van der Waals surface area (Å²) in [5, 5.41) is 12.0. The van der Waals surface area contributed by atoms with E-state index in [-0.39, 0.29) is 35.1 Å². The fourth-order valence-electron chi connectivity index (χ4n) is 3.36. The van der Waals surface area contributed by atoms with Crippen molar-refractivity contribution in [1.82, 2.24) is 4.98 Å². The molecular formula is C22H17F3N2O2. The second-order valence-corrected chi connectivity index (χ2v) is 7.02. The largest absolute Gasteiger partial charge is 0.481 e. The van der Waals surface area contributed by atoms with E-state index in [4.69, 9.17) is 5.11 Å². The number of nitrogens with one attached hydrogen (secondary N) is 1. The molecule has 1 aliphatic carbocycles. The van der Waals surface area contributed by atoms with Gasteiger partial charge in [0.15, 0.2) is 0 Å². The Bertz CT molecular complexity index is 1050. The average Bonchev–Trinajstić information content (AvgIpc) is 3.50. The lowest BCUT2D eigenvalue weighted by Gasteiger charge is -2.11. The van der Waals surface area contributed by atoms with Crippen LogP contribution >= 0.6 is 0 Å². The van der Waals surface area contributed by atoms with Crippen molar-refractivity contribution in [1.29, 1.82) is 0 Å². The molecule has 7 heteroatoms. The Balaban J connectivity index is 1.48. The molecule has 0 bridgehead atoms. The van der Waals surface area contributed by atoms with E-state index in [2.05, 4.69) is 10.3 Å². The van der Waals surface area contributed by atoms with Gasteiger partial charge in [0, 0.05) is 23.7 Å². The molecule has 148 valence electrons. The van der Waals surface area contributed by atoms with Crippen LogP contribution in [0.4, 0.5) is 18.9 Å². The predicted octanol–water partition coefficient (Wildman–Crippen LogP) is 4.97. The van der Waals surface area contributed by atoms with Crippen molar-refractivity contribution in [3.05, 3.63) is 83.4 Å². The molecular weight excluding hydrogens is 381 g/mol. The summed E-state index contributed by atoms with van der Waals surface area (Å²) in [4.78, 5) is 15.2. The van der Waals surface area contributed by atoms with Gasteiger partial charge in [-0.05, 0) is 48.4 Å². The van der Waals surface area contributed by atoms with Gasteiger partial charge in [-0.1, -0.05) is 12.1 Å². The van der Waals surface area contributed by atoms with E-state index >= 15 is 0 Å². The molecule has 1 aliphatic rings. The van der Waals surface area contributed by atoms with Crippen molar-refractivity contribution in [3.63, 3.8) is 0 Å². The molecule has 1 fully saturated rings. The molecule has 1 aromatic heterocycles. The van der Waals surface area contributed by atoms with E-state index in [0.29, 0.717) is 17.8 Å². The summed E-state index contributed by atoms with van der Waals surface area (Å²) in [5.74, 6) is -3.18. The Labute approximate surface area is 165 Å². The van der Waals surface area contributed by atoms with Gasteiger partial charge in [-0.3, -0.25) is 9.78 Å². The summed E-state index contributed by atoms with van der Waals surface area (Å²) in [5.41, 5.74) is 1.65. The maximum atomic E-state index is 14.2. The number of rotatable bonds is 6. The zero-order valence-electron chi connectivity index (χ0n) is 15.2. The zero-order valence-corrected chi connectivity index (χ0v) is 15.2. The van der Waals surface area contributed by atoms with Crippen LogP contribution in [-0.2, 0) is 11.3 Å². The molecule has 4 nitrogen and oxygen atoms in total. The third-order valence-electron chi connectivity index (χ3n) is 5.05. The lowest BCUT2D eigenvalue weighted by molar-refractivity contribution is -0.138. The van der Waals surface area contributed by atoms with Crippen LogP contribution in [0.1, 0.15) is 23.6 Å². The minimum Gasteiger partial charge on any atom is -0.481 e. The van der Waals surface area contributed by atoms with Crippen molar-refractivity contribution in [2.24, 2.45) is 5.92 Å². The van der Waals surface area contributed by atoms with Gasteiger partial charge in [-0.15, -0.1) is 0 Å². The Hall–Kier alpha value is -3.35. The van der Waals surface area contributed by atoms with E-state index in [1.165, 1.54) is 24.3 Å². The third-order valence-corrected chi connectivity index (χ3v) is 5.05. The number of aliphatic carboxylic acids is 1. The van der Waals surface area contributed by atoms with E-state index in [1.807, 2.05) is 0 Å². The minimum absolute atomic E-state index is 0.0636. The Morgan fingerprint density at radius 2 is 1.83 bits per heavy atom. The molecule has 2 N–H and O–H groups in total. The standard InChI is InChI=1S/C22H17F3N2O2/c23-17-6-4-12(21-18(24)2-1-3-19(21)25)8-13(17)10-26-14-5-7-20(27-11-14)15-9-16(15)22(28)29/h1-8,11,15-16,26H,9-10H2,(H,28,29)/t15-,16-/m0/s1. The number of hydrogen-bond acceptors (Lipinski definition) is 3. The van der Waals surface area contributed by atoms with Gasteiger partial charge in [-0.25, -0.2) is 13.2 Å². The summed E-state index contributed by atoms with van der Waals surface area (Å²) >= 11 is 0. The molecule has 1 heterocycles. The highest BCUT2D eigenvalue weighted by Crippen LogP contribution is 2.46. The van der Waals surface area contributed by atoms with Crippen LogP contribution in [0.3, 0.4) is 0 Å². The summed E-state index contributed by atoms with van der Waals surface area (Å²) in [6.07, 6.45) is 2.14. The molecule has 0 radical (unpaired) electrons. The maximum Gasteiger partial charge on any atom is 0.307 e. The van der Waals surface area contributed by atoms with Gasteiger partial charge in [0.05, 0.1) is 23.4 Å². The number of carbonyl (C=O) groups is 1. The lowest BCUT2D eigenvalue weighted by atomic mass is 10.0. The molecule has 29 heavy (non-hydrogen) atoms. The van der Waals surface area contributed by atoms with Crippen LogP contribution in [0.2, 0.25) is 0 Å². The maximum absolute atomic E-state index is 14.2. The number of anilines is 1. The van der Waals surface area contributed by atoms with Crippen LogP contribution in [-0.4, -0.2) is 16.1 Å². The Kier molecular flexibility index (Phi) is 4.96. The fraction of sp³-hybridized carbons (Fsp3) is 0.182. The highest BCUT2D eigenvalue weighted by atomic mass is 19.1. The molecule has 0 aliphatic heterocycles. The van der Waals surface area contributed by atoms with Crippen molar-refractivity contribution in [2.75, 3.05) is 5.32 Å². The molecule has 2 atom stereocenters. The highest BCUT2D eigenvalue weighted by molar-refractivity contribution is 5.75. The molecule has 0 saturated heterocycles. The normalized spacial score (nSPS) is 17.8. The molecule has 3 aromatic rings. The Morgan fingerprint density at radius 1 is 1.07 bits per heavy atom. The molecule has 0 spiro atoms. The van der Waals surface area contributed by atoms with Crippen molar-refractivity contribution in [3.8, 4) is 11.1 Å². The molecule has 4 rings (SSSR count). The fourth-order valence-corrected chi connectivity index (χ4v) is 3.36. The second kappa shape index (κ2) is 7.58. The van der Waals surface area contributed by atoms with Crippen LogP contribution in [0.15, 0.2) is 54.7 Å². The van der Waals surface area contributed by atoms with Crippen molar-refractivity contribution < 1.29 is 23.1 Å². The van der Waals surface area contributed by atoms with Crippen LogP contribution < -0.4 is 5.32 Å². The lowest BCUT2D eigenvalue weighted by Crippen LogP contribution is -2.04. The number of halogens is 3. The monoisotopic (exact) mass is 398 g/mol. The van der Waals surface area contributed by atoms with Gasteiger partial charge in [0.2, 0.25) is 0 Å². The SMILES string of the molecule is O=C(O)[C@H]1C[C@@H]1c1ccc(NCc2cc(-c3c(F)cccc3F)ccc2F)cn1. The van der Waals surface area contributed by atoms with Crippen molar-refractivity contribution >= 4 is 11.7 Å². The first-order valence-corrected chi connectivity index (χ1v) is 9.09. The van der Waals surface area contributed by atoms with Gasteiger partial charge in [0.25, 0.3) is 0 Å². The second-order valence-electron chi connectivity index (χ2n) is 7.02. The average molecular weight is 398 g/mol. The number of aromatic nitrogens is 1. The molecule has 0 amide bonds. The smallest absolute Gasteiger partial charge is 0.307 e. The topological polar surface area (TPSA) is 62.2 Å².